The maximum Gasteiger partial charge on any atom is 0.236 e. The molecule has 11 heavy (non-hydrogen) atoms. The summed E-state index contributed by atoms with van der Waals surface area (Å²) in [6, 6.07) is 0.538. The van der Waals surface area contributed by atoms with Gasteiger partial charge in [-0.1, -0.05) is 0 Å². The van der Waals surface area contributed by atoms with Crippen molar-refractivity contribution in [2.24, 2.45) is 11.7 Å². The van der Waals surface area contributed by atoms with Crippen molar-refractivity contribution in [2.75, 3.05) is 13.1 Å². The average Bonchev–Trinajstić information content (AvgIpc) is 2.62. The van der Waals surface area contributed by atoms with Crippen molar-refractivity contribution in [3.05, 3.63) is 0 Å². The molecule has 62 valence electrons. The molecule has 0 aromatic heterocycles. The lowest BCUT2D eigenvalue weighted by Crippen LogP contribution is -2.41. The zero-order valence-electron chi connectivity index (χ0n) is 6.62. The Hall–Kier alpha value is -0.570. The summed E-state index contributed by atoms with van der Waals surface area (Å²) < 4.78 is 0. The number of carbonyl (C=O) groups is 1. The Morgan fingerprint density at radius 1 is 1.55 bits per heavy atom. The summed E-state index contributed by atoms with van der Waals surface area (Å²) in [5.41, 5.74) is 5.29. The van der Waals surface area contributed by atoms with Crippen molar-refractivity contribution in [3.63, 3.8) is 0 Å². The lowest BCUT2D eigenvalue weighted by Gasteiger charge is -2.26. The van der Waals surface area contributed by atoms with Gasteiger partial charge in [0.05, 0.1) is 6.54 Å². The number of carbonyl (C=O) groups excluding carboxylic acids is 1. The van der Waals surface area contributed by atoms with Crippen LogP contribution in [0.5, 0.6) is 0 Å². The lowest BCUT2D eigenvalue weighted by atomic mass is 10.1. The summed E-state index contributed by atoms with van der Waals surface area (Å²) in [7, 11) is 0. The Kier molecular flexibility index (Phi) is 1.60. The van der Waals surface area contributed by atoms with Crippen LogP contribution in [0.15, 0.2) is 0 Å². The van der Waals surface area contributed by atoms with Crippen LogP contribution in [0.3, 0.4) is 0 Å². The molecule has 2 bridgehead atoms. The molecule has 1 heterocycles. The quantitative estimate of drug-likeness (QED) is 0.576. The van der Waals surface area contributed by atoms with Gasteiger partial charge in [0.15, 0.2) is 0 Å². The molecule has 0 spiro atoms. The normalized spacial score (nSPS) is 34.8. The van der Waals surface area contributed by atoms with Crippen LogP contribution in [-0.4, -0.2) is 29.9 Å². The van der Waals surface area contributed by atoms with Gasteiger partial charge in [-0.15, -0.1) is 0 Å². The second kappa shape index (κ2) is 2.48. The predicted octanol–water partition coefficient (Wildman–Crippen LogP) is -0.0440. The molecule has 2 aliphatic rings. The number of piperidine rings is 1. The number of nitrogens with zero attached hydrogens (tertiary/aromatic N) is 1. The molecule has 2 atom stereocenters. The third-order valence-electron chi connectivity index (χ3n) is 2.90. The molecule has 3 heteroatoms. The molecule has 3 nitrogen and oxygen atoms in total. The maximum atomic E-state index is 11.2. The highest BCUT2D eigenvalue weighted by molar-refractivity contribution is 5.78. The van der Waals surface area contributed by atoms with Gasteiger partial charge in [-0.25, -0.2) is 0 Å². The predicted molar refractivity (Wildman–Crippen MR) is 41.9 cm³/mol. The van der Waals surface area contributed by atoms with E-state index >= 15 is 0 Å². The van der Waals surface area contributed by atoms with E-state index in [2.05, 4.69) is 0 Å². The highest BCUT2D eigenvalue weighted by atomic mass is 16.2. The standard InChI is InChI=1S/C8H14N2O/c9-4-8(11)10-5-6-1-2-7(10)3-6/h6-7H,1-5,9H2. The summed E-state index contributed by atoms with van der Waals surface area (Å²) in [4.78, 5) is 13.2. The van der Waals surface area contributed by atoms with Crippen LogP contribution in [0.4, 0.5) is 0 Å². The molecule has 2 fully saturated rings. The first-order valence-electron chi connectivity index (χ1n) is 4.31. The molecule has 2 rings (SSSR count). The number of nitrogens with two attached hydrogens (primary N) is 1. The first-order chi connectivity index (χ1) is 5.31. The van der Waals surface area contributed by atoms with Gasteiger partial charge in [-0.05, 0) is 25.2 Å². The van der Waals surface area contributed by atoms with Crippen LogP contribution in [-0.2, 0) is 4.79 Å². The van der Waals surface area contributed by atoms with Crippen molar-refractivity contribution >= 4 is 5.91 Å². The smallest absolute Gasteiger partial charge is 0.236 e. The van der Waals surface area contributed by atoms with Crippen LogP contribution in [0, 0.1) is 5.92 Å². The third kappa shape index (κ3) is 1.03. The summed E-state index contributed by atoms with van der Waals surface area (Å²) >= 11 is 0. The Labute approximate surface area is 66.5 Å². The number of hydrogen-bond acceptors (Lipinski definition) is 2. The molecule has 0 aromatic carbocycles. The first-order valence-corrected chi connectivity index (χ1v) is 4.31. The molecular formula is C8H14N2O. The molecule has 2 unspecified atom stereocenters. The van der Waals surface area contributed by atoms with E-state index in [1.165, 1.54) is 19.3 Å². The lowest BCUT2D eigenvalue weighted by molar-refractivity contribution is -0.131. The zero-order valence-corrected chi connectivity index (χ0v) is 6.62. The highest BCUT2D eigenvalue weighted by Crippen LogP contribution is 2.36. The third-order valence-corrected chi connectivity index (χ3v) is 2.90. The van der Waals surface area contributed by atoms with E-state index in [1.54, 1.807) is 0 Å². The van der Waals surface area contributed by atoms with Crippen LogP contribution < -0.4 is 5.73 Å². The van der Waals surface area contributed by atoms with Gasteiger partial charge in [-0.2, -0.15) is 0 Å². The van der Waals surface area contributed by atoms with E-state index in [0.717, 1.165) is 12.5 Å². The van der Waals surface area contributed by atoms with Gasteiger partial charge < -0.3 is 10.6 Å². The van der Waals surface area contributed by atoms with Crippen molar-refractivity contribution in [1.82, 2.24) is 4.90 Å². The summed E-state index contributed by atoms with van der Waals surface area (Å²) in [6.07, 6.45) is 3.75. The average molecular weight is 154 g/mol. The number of amides is 1. The van der Waals surface area contributed by atoms with Crippen molar-refractivity contribution in [3.8, 4) is 0 Å². The van der Waals surface area contributed by atoms with Gasteiger partial charge >= 0.3 is 0 Å². The fourth-order valence-corrected chi connectivity index (χ4v) is 2.35. The SMILES string of the molecule is NCC(=O)N1CC2CCC1C2. The van der Waals surface area contributed by atoms with Crippen LogP contribution in [0.1, 0.15) is 19.3 Å². The van der Waals surface area contributed by atoms with Gasteiger partial charge in [-0.3, -0.25) is 4.79 Å². The van der Waals surface area contributed by atoms with E-state index in [1.807, 2.05) is 4.90 Å². The van der Waals surface area contributed by atoms with E-state index < -0.39 is 0 Å². The van der Waals surface area contributed by atoms with Crippen LogP contribution in [0.25, 0.3) is 0 Å². The number of fused-ring (bicyclic) bond motifs is 2. The van der Waals surface area contributed by atoms with Crippen molar-refractivity contribution in [1.29, 1.82) is 0 Å². The van der Waals surface area contributed by atoms with Gasteiger partial charge in [0.2, 0.25) is 5.91 Å². The monoisotopic (exact) mass is 154 g/mol. The van der Waals surface area contributed by atoms with Gasteiger partial charge in [0.25, 0.3) is 0 Å². The number of likely N-dealkylation sites (tertiary alicyclic amines) is 1. The Bertz CT molecular complexity index is 181. The molecule has 1 saturated carbocycles. The minimum atomic E-state index is 0.136. The molecule has 0 aromatic rings. The molecule has 1 aliphatic heterocycles. The Balaban J connectivity index is 2.02. The second-order valence-corrected chi connectivity index (χ2v) is 3.58. The Morgan fingerprint density at radius 3 is 2.82 bits per heavy atom. The molecule has 0 radical (unpaired) electrons. The molecule has 1 aliphatic carbocycles. The highest BCUT2D eigenvalue weighted by Gasteiger charge is 2.39. The van der Waals surface area contributed by atoms with Gasteiger partial charge in [0, 0.05) is 12.6 Å². The van der Waals surface area contributed by atoms with E-state index in [0.29, 0.717) is 6.04 Å². The second-order valence-electron chi connectivity index (χ2n) is 3.58. The fourth-order valence-electron chi connectivity index (χ4n) is 2.35. The maximum absolute atomic E-state index is 11.2. The topological polar surface area (TPSA) is 46.3 Å². The minimum Gasteiger partial charge on any atom is -0.338 e. The summed E-state index contributed by atoms with van der Waals surface area (Å²) in [6.45, 7) is 1.16. The van der Waals surface area contributed by atoms with E-state index in [9.17, 15) is 4.79 Å². The molecule has 2 N–H and O–H groups in total. The van der Waals surface area contributed by atoms with Crippen molar-refractivity contribution in [2.45, 2.75) is 25.3 Å². The molecule has 1 amide bonds. The van der Waals surface area contributed by atoms with Crippen LogP contribution in [0.2, 0.25) is 0 Å². The first kappa shape index (κ1) is 7.10. The van der Waals surface area contributed by atoms with Crippen LogP contribution >= 0.6 is 0 Å². The van der Waals surface area contributed by atoms with Gasteiger partial charge in [0.1, 0.15) is 0 Å². The van der Waals surface area contributed by atoms with Crippen molar-refractivity contribution < 1.29 is 4.79 Å². The molecule has 1 saturated heterocycles. The molecular weight excluding hydrogens is 140 g/mol. The summed E-state index contributed by atoms with van der Waals surface area (Å²) in [5, 5.41) is 0. The number of hydrogen-bond donors (Lipinski definition) is 1. The van der Waals surface area contributed by atoms with E-state index in [-0.39, 0.29) is 12.5 Å². The minimum absolute atomic E-state index is 0.136. The summed E-state index contributed by atoms with van der Waals surface area (Å²) in [5.74, 6) is 0.924. The zero-order chi connectivity index (χ0) is 7.84. The Morgan fingerprint density at radius 2 is 2.36 bits per heavy atom. The van der Waals surface area contributed by atoms with E-state index in [4.69, 9.17) is 5.73 Å². The number of rotatable bonds is 1. The fraction of sp³-hybridized carbons (Fsp3) is 0.875. The largest absolute Gasteiger partial charge is 0.338 e.